The van der Waals surface area contributed by atoms with Gasteiger partial charge in [-0.15, -0.1) is 0 Å². The molecule has 34 heavy (non-hydrogen) atoms. The van der Waals surface area contributed by atoms with Crippen molar-refractivity contribution in [1.82, 2.24) is 0 Å². The van der Waals surface area contributed by atoms with E-state index in [-0.39, 0.29) is 28.2 Å². The van der Waals surface area contributed by atoms with E-state index in [1.165, 1.54) is 12.1 Å². The Balaban J connectivity index is 1.82. The highest BCUT2D eigenvalue weighted by molar-refractivity contribution is 6.30. The molecule has 0 bridgehead atoms. The van der Waals surface area contributed by atoms with Crippen LogP contribution in [-0.2, 0) is 9.59 Å². The minimum absolute atomic E-state index is 0.0590. The van der Waals surface area contributed by atoms with Crippen molar-refractivity contribution in [3.05, 3.63) is 87.5 Å². The van der Waals surface area contributed by atoms with Crippen LogP contribution in [0.5, 0.6) is 0 Å². The quantitative estimate of drug-likeness (QED) is 0.453. The zero-order valence-electron chi connectivity index (χ0n) is 20.0. The Morgan fingerprint density at radius 2 is 1.24 bits per heavy atom. The van der Waals surface area contributed by atoms with Crippen LogP contribution >= 0.6 is 11.6 Å². The number of Topliss-reactive ketones (excluding diaryl/α,β-unsaturated/α-hetero) is 2. The molecule has 0 amide bonds. The SMILES string of the molecule is CC1(C)CC(=O)C2=C(C1)N(c1ccc(Cl)cc1)C1=C(C(=O)CC(C)(C)C1)C2c1ccc(F)cc1. The number of carbonyl (C=O) groups is 2. The molecule has 0 N–H and O–H groups in total. The molecule has 1 aliphatic heterocycles. The van der Waals surface area contributed by atoms with E-state index in [9.17, 15) is 14.0 Å². The highest BCUT2D eigenvalue weighted by Gasteiger charge is 2.49. The maximum atomic E-state index is 13.8. The molecule has 2 aromatic carbocycles. The first kappa shape index (κ1) is 23.0. The van der Waals surface area contributed by atoms with E-state index >= 15 is 0 Å². The molecule has 0 saturated carbocycles. The van der Waals surface area contributed by atoms with Crippen LogP contribution < -0.4 is 4.90 Å². The van der Waals surface area contributed by atoms with Gasteiger partial charge in [-0.1, -0.05) is 51.4 Å². The van der Waals surface area contributed by atoms with Gasteiger partial charge in [0, 0.05) is 52.0 Å². The predicted octanol–water partition coefficient (Wildman–Crippen LogP) is 7.37. The van der Waals surface area contributed by atoms with Crippen molar-refractivity contribution in [1.29, 1.82) is 0 Å². The number of hydrogen-bond donors (Lipinski definition) is 0. The minimum Gasteiger partial charge on any atom is -0.317 e. The number of ketones is 2. The van der Waals surface area contributed by atoms with Crippen LogP contribution in [-0.4, -0.2) is 11.6 Å². The van der Waals surface area contributed by atoms with Crippen LogP contribution in [0.25, 0.3) is 0 Å². The Morgan fingerprint density at radius 1 is 0.765 bits per heavy atom. The lowest BCUT2D eigenvalue weighted by atomic mass is 9.63. The lowest BCUT2D eigenvalue weighted by molar-refractivity contribution is -0.119. The van der Waals surface area contributed by atoms with Crippen LogP contribution in [0.15, 0.2) is 71.1 Å². The summed E-state index contributed by atoms with van der Waals surface area (Å²) in [5.41, 5.74) is 4.52. The number of nitrogens with zero attached hydrogens (tertiary/aromatic N) is 1. The Labute approximate surface area is 205 Å². The summed E-state index contributed by atoms with van der Waals surface area (Å²) in [5, 5.41) is 0.633. The van der Waals surface area contributed by atoms with Crippen molar-refractivity contribution in [2.45, 2.75) is 59.3 Å². The molecular weight excluding hydrogens is 449 g/mol. The lowest BCUT2D eigenvalue weighted by Crippen LogP contribution is -2.44. The number of halogens is 2. The van der Waals surface area contributed by atoms with E-state index in [1.807, 2.05) is 24.3 Å². The van der Waals surface area contributed by atoms with E-state index in [4.69, 9.17) is 11.6 Å². The van der Waals surface area contributed by atoms with Crippen LogP contribution in [0.1, 0.15) is 64.9 Å². The molecule has 5 rings (SSSR count). The Morgan fingerprint density at radius 3 is 1.71 bits per heavy atom. The maximum absolute atomic E-state index is 13.8. The summed E-state index contributed by atoms with van der Waals surface area (Å²) in [6, 6.07) is 13.8. The van der Waals surface area contributed by atoms with E-state index in [0.29, 0.717) is 41.9 Å². The van der Waals surface area contributed by atoms with E-state index in [1.54, 1.807) is 12.1 Å². The van der Waals surface area contributed by atoms with Crippen LogP contribution in [0.4, 0.5) is 10.1 Å². The first-order valence-electron chi connectivity index (χ1n) is 11.8. The van der Waals surface area contributed by atoms with Crippen molar-refractivity contribution in [3.8, 4) is 0 Å². The van der Waals surface area contributed by atoms with Crippen molar-refractivity contribution in [2.24, 2.45) is 10.8 Å². The van der Waals surface area contributed by atoms with Gasteiger partial charge in [-0.2, -0.15) is 0 Å². The topological polar surface area (TPSA) is 37.4 Å². The molecule has 0 fully saturated rings. The third-order valence-corrected chi connectivity index (χ3v) is 7.45. The summed E-state index contributed by atoms with van der Waals surface area (Å²) in [6.45, 7) is 8.45. The molecule has 2 aromatic rings. The third kappa shape index (κ3) is 3.92. The van der Waals surface area contributed by atoms with Gasteiger partial charge in [-0.25, -0.2) is 4.39 Å². The second kappa shape index (κ2) is 7.91. The zero-order chi connectivity index (χ0) is 24.4. The van der Waals surface area contributed by atoms with E-state index < -0.39 is 5.92 Å². The first-order chi connectivity index (χ1) is 16.0. The molecular formula is C29H29ClFNO2. The molecule has 5 heteroatoms. The van der Waals surface area contributed by atoms with Crippen molar-refractivity contribution in [2.75, 3.05) is 4.90 Å². The summed E-state index contributed by atoms with van der Waals surface area (Å²) >= 11 is 6.20. The first-order valence-corrected chi connectivity index (χ1v) is 12.2. The second-order valence-corrected chi connectivity index (χ2v) is 11.8. The van der Waals surface area contributed by atoms with Gasteiger partial charge >= 0.3 is 0 Å². The number of benzene rings is 2. The summed E-state index contributed by atoms with van der Waals surface area (Å²) < 4.78 is 13.8. The van der Waals surface area contributed by atoms with Gasteiger partial charge in [-0.3, -0.25) is 9.59 Å². The highest BCUT2D eigenvalue weighted by atomic mass is 35.5. The number of hydrogen-bond acceptors (Lipinski definition) is 3. The fraction of sp³-hybridized carbons (Fsp3) is 0.379. The smallest absolute Gasteiger partial charge is 0.162 e. The van der Waals surface area contributed by atoms with Gasteiger partial charge in [0.2, 0.25) is 0 Å². The Kier molecular flexibility index (Phi) is 5.36. The summed E-state index contributed by atoms with van der Waals surface area (Å²) in [4.78, 5) is 29.6. The molecule has 0 aromatic heterocycles. The third-order valence-electron chi connectivity index (χ3n) is 7.20. The molecule has 0 atom stereocenters. The van der Waals surface area contributed by atoms with Crippen LogP contribution in [0, 0.1) is 16.6 Å². The average molecular weight is 478 g/mol. The normalized spacial score (nSPS) is 22.1. The lowest BCUT2D eigenvalue weighted by Gasteiger charge is -2.49. The minimum atomic E-state index is -0.471. The molecule has 3 aliphatic rings. The van der Waals surface area contributed by atoms with Gasteiger partial charge in [0.25, 0.3) is 0 Å². The van der Waals surface area contributed by atoms with Crippen molar-refractivity contribution < 1.29 is 14.0 Å². The molecule has 0 saturated heterocycles. The largest absolute Gasteiger partial charge is 0.317 e. The number of anilines is 1. The van der Waals surface area contributed by atoms with Crippen molar-refractivity contribution in [3.63, 3.8) is 0 Å². The monoisotopic (exact) mass is 477 g/mol. The van der Waals surface area contributed by atoms with E-state index in [2.05, 4.69) is 32.6 Å². The number of allylic oxidation sites excluding steroid dienone is 4. The highest BCUT2D eigenvalue weighted by Crippen LogP contribution is 2.55. The summed E-state index contributed by atoms with van der Waals surface area (Å²) in [5.74, 6) is -0.688. The summed E-state index contributed by atoms with van der Waals surface area (Å²) in [6.07, 6.45) is 2.25. The van der Waals surface area contributed by atoms with Gasteiger partial charge in [0.1, 0.15) is 5.82 Å². The second-order valence-electron chi connectivity index (χ2n) is 11.4. The van der Waals surface area contributed by atoms with Gasteiger partial charge in [0.15, 0.2) is 11.6 Å². The molecule has 0 unspecified atom stereocenters. The number of rotatable bonds is 2. The fourth-order valence-corrected chi connectivity index (χ4v) is 5.98. The van der Waals surface area contributed by atoms with Gasteiger partial charge in [-0.05, 0) is 65.6 Å². The molecule has 1 heterocycles. The van der Waals surface area contributed by atoms with E-state index in [0.717, 1.165) is 22.6 Å². The van der Waals surface area contributed by atoms with Gasteiger partial charge in [0.05, 0.1) is 0 Å². The van der Waals surface area contributed by atoms with Crippen LogP contribution in [0.2, 0.25) is 5.02 Å². The fourth-order valence-electron chi connectivity index (χ4n) is 5.86. The molecule has 3 nitrogen and oxygen atoms in total. The molecule has 0 radical (unpaired) electrons. The Hall–Kier alpha value is -2.72. The predicted molar refractivity (Wildman–Crippen MR) is 133 cm³/mol. The molecule has 0 spiro atoms. The molecule has 176 valence electrons. The molecule has 2 aliphatic carbocycles. The maximum Gasteiger partial charge on any atom is 0.162 e. The number of carbonyl (C=O) groups excluding carboxylic acids is 2. The Bertz CT molecular complexity index is 1200. The van der Waals surface area contributed by atoms with Gasteiger partial charge < -0.3 is 4.90 Å². The average Bonchev–Trinajstić information content (AvgIpc) is 2.72. The standard InChI is InChI=1S/C29H29ClFNO2/c1-28(2)13-21-26(23(33)15-28)25(17-5-9-19(31)10-6-17)27-22(14-29(3,4)16-24(27)34)32(21)20-11-7-18(30)8-12-20/h5-12,25H,13-16H2,1-4H3. The van der Waals surface area contributed by atoms with Crippen molar-refractivity contribution >= 4 is 28.9 Å². The zero-order valence-corrected chi connectivity index (χ0v) is 20.8. The summed E-state index contributed by atoms with van der Waals surface area (Å²) in [7, 11) is 0. The van der Waals surface area contributed by atoms with Crippen LogP contribution in [0.3, 0.4) is 0 Å².